The normalized spacial score (nSPS) is 10.4. The summed E-state index contributed by atoms with van der Waals surface area (Å²) in [6.07, 6.45) is 0.996. The number of thiazole rings is 1. The first-order valence-electron chi connectivity index (χ1n) is 5.20. The van der Waals surface area contributed by atoms with Crippen molar-refractivity contribution in [3.8, 4) is 0 Å². The summed E-state index contributed by atoms with van der Waals surface area (Å²) >= 11 is 5.09. The molecular weight excluding hydrogens is 284 g/mol. The number of aryl methyl sites for hydroxylation is 1. The van der Waals surface area contributed by atoms with Crippen LogP contribution in [0.25, 0.3) is 0 Å². The molecule has 0 fully saturated rings. The summed E-state index contributed by atoms with van der Waals surface area (Å²) in [4.78, 5) is 4.46. The van der Waals surface area contributed by atoms with E-state index in [1.807, 2.05) is 0 Å². The zero-order valence-electron chi connectivity index (χ0n) is 9.03. The molecule has 0 saturated heterocycles. The van der Waals surface area contributed by atoms with Gasteiger partial charge in [-0.3, -0.25) is 0 Å². The van der Waals surface area contributed by atoms with Gasteiger partial charge in [-0.05, 0) is 24.1 Å². The van der Waals surface area contributed by atoms with Crippen LogP contribution >= 0.6 is 27.3 Å². The lowest BCUT2D eigenvalue weighted by atomic mass is 10.2. The maximum Gasteiger partial charge on any atom is 0.183 e. The van der Waals surface area contributed by atoms with Crippen molar-refractivity contribution in [3.05, 3.63) is 45.4 Å². The second-order valence-corrected chi connectivity index (χ2v) is 5.25. The number of anilines is 1. The van der Waals surface area contributed by atoms with E-state index in [1.54, 1.807) is 11.3 Å². The molecule has 0 saturated carbocycles. The van der Waals surface area contributed by atoms with Crippen LogP contribution < -0.4 is 5.32 Å². The third-order valence-electron chi connectivity index (χ3n) is 2.27. The van der Waals surface area contributed by atoms with Gasteiger partial charge in [0.1, 0.15) is 0 Å². The quantitative estimate of drug-likeness (QED) is 0.919. The SMILES string of the molecule is CCc1csc(NCc2ccc(Br)cc2)n1. The van der Waals surface area contributed by atoms with Gasteiger partial charge in [-0.2, -0.15) is 0 Å². The van der Waals surface area contributed by atoms with Crippen LogP contribution in [0.1, 0.15) is 18.2 Å². The van der Waals surface area contributed by atoms with Gasteiger partial charge in [-0.15, -0.1) is 11.3 Å². The maximum absolute atomic E-state index is 4.46. The van der Waals surface area contributed by atoms with E-state index in [0.29, 0.717) is 0 Å². The molecule has 0 aliphatic rings. The van der Waals surface area contributed by atoms with Gasteiger partial charge in [-0.1, -0.05) is 35.0 Å². The molecule has 0 amide bonds. The van der Waals surface area contributed by atoms with Crippen molar-refractivity contribution in [2.24, 2.45) is 0 Å². The fourth-order valence-electron chi connectivity index (χ4n) is 1.33. The van der Waals surface area contributed by atoms with E-state index in [2.05, 4.69) is 62.8 Å². The van der Waals surface area contributed by atoms with Crippen LogP contribution in [0.4, 0.5) is 5.13 Å². The first kappa shape index (κ1) is 11.6. The molecule has 0 aliphatic carbocycles. The van der Waals surface area contributed by atoms with Crippen molar-refractivity contribution >= 4 is 32.4 Å². The van der Waals surface area contributed by atoms with Gasteiger partial charge in [0.25, 0.3) is 0 Å². The maximum atomic E-state index is 4.46. The number of hydrogen-bond donors (Lipinski definition) is 1. The molecule has 2 rings (SSSR count). The number of nitrogens with zero attached hydrogens (tertiary/aromatic N) is 1. The van der Waals surface area contributed by atoms with Gasteiger partial charge >= 0.3 is 0 Å². The van der Waals surface area contributed by atoms with Gasteiger partial charge in [0, 0.05) is 16.4 Å². The van der Waals surface area contributed by atoms with Gasteiger partial charge in [-0.25, -0.2) is 4.98 Å². The van der Waals surface area contributed by atoms with E-state index in [-0.39, 0.29) is 0 Å². The molecule has 0 unspecified atom stereocenters. The number of benzene rings is 1. The summed E-state index contributed by atoms with van der Waals surface area (Å²) in [6, 6.07) is 8.31. The largest absolute Gasteiger partial charge is 0.357 e. The third kappa shape index (κ3) is 3.06. The van der Waals surface area contributed by atoms with Crippen molar-refractivity contribution < 1.29 is 0 Å². The third-order valence-corrected chi connectivity index (χ3v) is 3.65. The second-order valence-electron chi connectivity index (χ2n) is 3.48. The first-order valence-corrected chi connectivity index (χ1v) is 6.88. The van der Waals surface area contributed by atoms with Crippen LogP contribution in [0.15, 0.2) is 34.1 Å². The minimum absolute atomic E-state index is 0.823. The molecule has 0 atom stereocenters. The smallest absolute Gasteiger partial charge is 0.183 e. The highest BCUT2D eigenvalue weighted by atomic mass is 79.9. The first-order chi connectivity index (χ1) is 7.78. The molecule has 0 spiro atoms. The molecule has 0 radical (unpaired) electrons. The van der Waals surface area contributed by atoms with Crippen molar-refractivity contribution in [3.63, 3.8) is 0 Å². The van der Waals surface area contributed by atoms with Crippen LogP contribution in [0.3, 0.4) is 0 Å². The molecule has 84 valence electrons. The number of rotatable bonds is 4. The van der Waals surface area contributed by atoms with Crippen LogP contribution in [0.2, 0.25) is 0 Å². The number of halogens is 1. The van der Waals surface area contributed by atoms with E-state index in [9.17, 15) is 0 Å². The van der Waals surface area contributed by atoms with E-state index >= 15 is 0 Å². The van der Waals surface area contributed by atoms with Crippen LogP contribution in [-0.2, 0) is 13.0 Å². The Hall–Kier alpha value is -0.870. The molecule has 2 aromatic rings. The Bertz CT molecular complexity index is 450. The van der Waals surface area contributed by atoms with Crippen molar-refractivity contribution in [2.75, 3.05) is 5.32 Å². The summed E-state index contributed by atoms with van der Waals surface area (Å²) in [7, 11) is 0. The Kier molecular flexibility index (Phi) is 3.96. The standard InChI is InChI=1S/C12H13BrN2S/c1-2-11-8-16-12(15-11)14-7-9-3-5-10(13)6-4-9/h3-6,8H,2,7H2,1H3,(H,14,15). The zero-order valence-corrected chi connectivity index (χ0v) is 11.4. The molecule has 4 heteroatoms. The molecule has 1 aromatic carbocycles. The zero-order chi connectivity index (χ0) is 11.4. The molecule has 1 aromatic heterocycles. The fourth-order valence-corrected chi connectivity index (χ4v) is 2.39. The Morgan fingerprint density at radius 1 is 1.31 bits per heavy atom. The average Bonchev–Trinajstić information content (AvgIpc) is 2.76. The minimum atomic E-state index is 0.823. The van der Waals surface area contributed by atoms with E-state index in [4.69, 9.17) is 0 Å². The van der Waals surface area contributed by atoms with E-state index < -0.39 is 0 Å². The molecule has 0 bridgehead atoms. The lowest BCUT2D eigenvalue weighted by molar-refractivity contribution is 1.05. The summed E-state index contributed by atoms with van der Waals surface area (Å²) in [5, 5.41) is 6.43. The van der Waals surface area contributed by atoms with Crippen molar-refractivity contribution in [2.45, 2.75) is 19.9 Å². The molecule has 1 heterocycles. The Morgan fingerprint density at radius 3 is 2.69 bits per heavy atom. The molecule has 0 aliphatic heterocycles. The number of hydrogen-bond acceptors (Lipinski definition) is 3. The lowest BCUT2D eigenvalue weighted by Gasteiger charge is -2.02. The Morgan fingerprint density at radius 2 is 2.06 bits per heavy atom. The van der Waals surface area contributed by atoms with Gasteiger partial charge in [0.2, 0.25) is 0 Å². The highest BCUT2D eigenvalue weighted by Crippen LogP contribution is 2.17. The molecular formula is C12H13BrN2S. The highest BCUT2D eigenvalue weighted by molar-refractivity contribution is 9.10. The van der Waals surface area contributed by atoms with Gasteiger partial charge in [0.05, 0.1) is 5.69 Å². The minimum Gasteiger partial charge on any atom is -0.357 e. The van der Waals surface area contributed by atoms with Crippen molar-refractivity contribution in [1.29, 1.82) is 0 Å². The summed E-state index contributed by atoms with van der Waals surface area (Å²) in [5.41, 5.74) is 2.42. The number of nitrogens with one attached hydrogen (secondary N) is 1. The van der Waals surface area contributed by atoms with Crippen molar-refractivity contribution in [1.82, 2.24) is 4.98 Å². The van der Waals surface area contributed by atoms with Crippen LogP contribution in [-0.4, -0.2) is 4.98 Å². The van der Waals surface area contributed by atoms with Crippen LogP contribution in [0, 0.1) is 0 Å². The highest BCUT2D eigenvalue weighted by Gasteiger charge is 1.99. The average molecular weight is 297 g/mol. The Balaban J connectivity index is 1.94. The summed E-state index contributed by atoms with van der Waals surface area (Å²) in [6.45, 7) is 2.94. The van der Waals surface area contributed by atoms with E-state index in [1.165, 1.54) is 5.56 Å². The van der Waals surface area contributed by atoms with E-state index in [0.717, 1.165) is 28.3 Å². The Labute approximate surface area is 108 Å². The predicted molar refractivity (Wildman–Crippen MR) is 73.0 cm³/mol. The molecule has 1 N–H and O–H groups in total. The number of aromatic nitrogens is 1. The topological polar surface area (TPSA) is 24.9 Å². The summed E-state index contributed by atoms with van der Waals surface area (Å²) < 4.78 is 1.11. The lowest BCUT2D eigenvalue weighted by Crippen LogP contribution is -1.98. The fraction of sp³-hybridized carbons (Fsp3) is 0.250. The predicted octanol–water partition coefficient (Wildman–Crippen LogP) is 4.08. The second kappa shape index (κ2) is 5.46. The monoisotopic (exact) mass is 296 g/mol. The van der Waals surface area contributed by atoms with Crippen LogP contribution in [0.5, 0.6) is 0 Å². The van der Waals surface area contributed by atoms with Gasteiger partial charge < -0.3 is 5.32 Å². The molecule has 2 nitrogen and oxygen atoms in total. The molecule has 16 heavy (non-hydrogen) atoms. The summed E-state index contributed by atoms with van der Waals surface area (Å²) in [5.74, 6) is 0. The van der Waals surface area contributed by atoms with Gasteiger partial charge in [0.15, 0.2) is 5.13 Å².